The first-order chi connectivity index (χ1) is 9.65. The first-order valence-corrected chi connectivity index (χ1v) is 6.33. The number of aromatic nitrogens is 1. The molecule has 1 aliphatic carbocycles. The highest BCUT2D eigenvalue weighted by atomic mass is 19.1. The number of fused-ring (bicyclic) bond motifs is 1. The Bertz CT molecular complexity index is 660. The number of pyridine rings is 1. The van der Waals surface area contributed by atoms with Crippen molar-refractivity contribution in [2.45, 2.75) is 18.6 Å². The van der Waals surface area contributed by atoms with E-state index in [1.807, 2.05) is 24.3 Å². The quantitative estimate of drug-likeness (QED) is 0.816. The zero-order chi connectivity index (χ0) is 14.1. The molecule has 0 radical (unpaired) electrons. The third-order valence-electron chi connectivity index (χ3n) is 3.48. The number of rotatable bonds is 2. The van der Waals surface area contributed by atoms with E-state index in [1.54, 1.807) is 0 Å². The molecule has 20 heavy (non-hydrogen) atoms. The number of carbonyl (C=O) groups is 1. The molecule has 102 valence electrons. The number of halogens is 1. The number of nitrogens with zero attached hydrogens (tertiary/aromatic N) is 1. The largest absolute Gasteiger partial charge is 0.390 e. The third kappa shape index (κ3) is 2.28. The van der Waals surface area contributed by atoms with Gasteiger partial charge in [-0.3, -0.25) is 4.79 Å². The molecule has 0 saturated heterocycles. The maximum atomic E-state index is 13.0. The van der Waals surface area contributed by atoms with Crippen molar-refractivity contribution in [3.8, 4) is 0 Å². The molecule has 1 heterocycles. The van der Waals surface area contributed by atoms with Crippen LogP contribution in [0.15, 0.2) is 42.6 Å². The van der Waals surface area contributed by atoms with Crippen LogP contribution in [0.5, 0.6) is 0 Å². The Labute approximate surface area is 115 Å². The van der Waals surface area contributed by atoms with Gasteiger partial charge in [0.15, 0.2) is 0 Å². The van der Waals surface area contributed by atoms with Crippen LogP contribution in [-0.4, -0.2) is 22.1 Å². The van der Waals surface area contributed by atoms with Gasteiger partial charge in [0.25, 0.3) is 5.91 Å². The van der Waals surface area contributed by atoms with Crippen LogP contribution in [0, 0.1) is 5.95 Å². The van der Waals surface area contributed by atoms with Crippen LogP contribution in [0.25, 0.3) is 0 Å². The molecule has 5 heteroatoms. The van der Waals surface area contributed by atoms with Crippen LogP contribution in [0.2, 0.25) is 0 Å². The van der Waals surface area contributed by atoms with E-state index < -0.39 is 24.0 Å². The SMILES string of the molecule is O=C(N[C@@H]1c2ccccc2C[C@@H]1O)c1ccnc(F)c1. The summed E-state index contributed by atoms with van der Waals surface area (Å²) in [6.45, 7) is 0. The summed E-state index contributed by atoms with van der Waals surface area (Å²) in [7, 11) is 0. The molecule has 1 aromatic carbocycles. The summed E-state index contributed by atoms with van der Waals surface area (Å²) < 4.78 is 13.0. The number of nitrogens with one attached hydrogen (secondary N) is 1. The Morgan fingerprint density at radius 2 is 2.15 bits per heavy atom. The average molecular weight is 272 g/mol. The monoisotopic (exact) mass is 272 g/mol. The molecule has 3 rings (SSSR count). The lowest BCUT2D eigenvalue weighted by Crippen LogP contribution is -2.33. The van der Waals surface area contributed by atoms with E-state index in [2.05, 4.69) is 10.3 Å². The minimum Gasteiger partial charge on any atom is -0.390 e. The lowest BCUT2D eigenvalue weighted by atomic mass is 10.1. The van der Waals surface area contributed by atoms with Crippen molar-refractivity contribution < 1.29 is 14.3 Å². The third-order valence-corrected chi connectivity index (χ3v) is 3.48. The molecule has 2 aromatic rings. The van der Waals surface area contributed by atoms with Crippen molar-refractivity contribution in [1.29, 1.82) is 0 Å². The van der Waals surface area contributed by atoms with Gasteiger partial charge in [0.05, 0.1) is 12.1 Å². The fourth-order valence-electron chi connectivity index (χ4n) is 2.52. The maximum Gasteiger partial charge on any atom is 0.252 e. The average Bonchev–Trinajstić information content (AvgIpc) is 2.75. The Morgan fingerprint density at radius 1 is 1.35 bits per heavy atom. The molecule has 0 fully saturated rings. The second kappa shape index (κ2) is 5.02. The second-order valence-electron chi connectivity index (χ2n) is 4.79. The summed E-state index contributed by atoms with van der Waals surface area (Å²) in [6, 6.07) is 9.61. The molecule has 2 atom stereocenters. The van der Waals surface area contributed by atoms with Crippen LogP contribution in [0.1, 0.15) is 27.5 Å². The minimum absolute atomic E-state index is 0.189. The number of aliphatic hydroxyl groups is 1. The predicted octanol–water partition coefficient (Wildman–Crippen LogP) is 1.61. The van der Waals surface area contributed by atoms with E-state index in [0.717, 1.165) is 17.2 Å². The standard InChI is InChI=1S/C15H13FN2O2/c16-13-8-10(5-6-17-13)15(20)18-14-11-4-2-1-3-9(11)7-12(14)19/h1-6,8,12,14,19H,7H2,(H,18,20)/t12-,14+/m0/s1. The Balaban J connectivity index is 1.83. The molecule has 1 aliphatic rings. The lowest BCUT2D eigenvalue weighted by Gasteiger charge is -2.17. The van der Waals surface area contributed by atoms with E-state index in [-0.39, 0.29) is 5.56 Å². The van der Waals surface area contributed by atoms with Crippen molar-refractivity contribution in [1.82, 2.24) is 10.3 Å². The first kappa shape index (κ1) is 12.7. The zero-order valence-electron chi connectivity index (χ0n) is 10.6. The van der Waals surface area contributed by atoms with Gasteiger partial charge in [-0.1, -0.05) is 24.3 Å². The van der Waals surface area contributed by atoms with Crippen LogP contribution in [0.4, 0.5) is 4.39 Å². The summed E-state index contributed by atoms with van der Waals surface area (Å²) in [5, 5.41) is 12.8. The lowest BCUT2D eigenvalue weighted by molar-refractivity contribution is 0.0857. The molecular weight excluding hydrogens is 259 g/mol. The van der Waals surface area contributed by atoms with E-state index in [9.17, 15) is 14.3 Å². The normalized spacial score (nSPS) is 20.5. The molecular formula is C15H13FN2O2. The predicted molar refractivity (Wildman–Crippen MR) is 70.6 cm³/mol. The summed E-state index contributed by atoms with van der Waals surface area (Å²) in [6.07, 6.45) is 1.08. The van der Waals surface area contributed by atoms with Gasteiger partial charge in [-0.25, -0.2) is 4.98 Å². The number of carbonyl (C=O) groups excluding carboxylic acids is 1. The summed E-state index contributed by atoms with van der Waals surface area (Å²) in [5.41, 5.74) is 2.11. The van der Waals surface area contributed by atoms with Crippen molar-refractivity contribution >= 4 is 5.91 Å². The van der Waals surface area contributed by atoms with Gasteiger partial charge in [-0.05, 0) is 17.2 Å². The van der Waals surface area contributed by atoms with E-state index in [1.165, 1.54) is 12.3 Å². The van der Waals surface area contributed by atoms with Crippen molar-refractivity contribution in [2.75, 3.05) is 0 Å². The van der Waals surface area contributed by atoms with Crippen LogP contribution in [0.3, 0.4) is 0 Å². The molecule has 0 aliphatic heterocycles. The van der Waals surface area contributed by atoms with Gasteiger partial charge in [0, 0.05) is 24.2 Å². The zero-order valence-corrected chi connectivity index (χ0v) is 10.6. The Kier molecular flexibility index (Phi) is 3.20. The number of amides is 1. The van der Waals surface area contributed by atoms with Crippen LogP contribution >= 0.6 is 0 Å². The highest BCUT2D eigenvalue weighted by Crippen LogP contribution is 2.31. The molecule has 0 saturated carbocycles. The summed E-state index contributed by atoms with van der Waals surface area (Å²) >= 11 is 0. The second-order valence-corrected chi connectivity index (χ2v) is 4.79. The fourth-order valence-corrected chi connectivity index (χ4v) is 2.52. The highest BCUT2D eigenvalue weighted by molar-refractivity contribution is 5.94. The summed E-state index contributed by atoms with van der Waals surface area (Å²) in [4.78, 5) is 15.5. The van der Waals surface area contributed by atoms with Crippen molar-refractivity contribution in [2.24, 2.45) is 0 Å². The van der Waals surface area contributed by atoms with Gasteiger partial charge >= 0.3 is 0 Å². The fraction of sp³-hybridized carbons (Fsp3) is 0.200. The number of benzene rings is 1. The van der Waals surface area contributed by atoms with Crippen LogP contribution < -0.4 is 5.32 Å². The number of hydrogen-bond donors (Lipinski definition) is 2. The number of hydrogen-bond acceptors (Lipinski definition) is 3. The molecule has 1 aromatic heterocycles. The van der Waals surface area contributed by atoms with Gasteiger partial charge in [-0.15, -0.1) is 0 Å². The van der Waals surface area contributed by atoms with Gasteiger partial charge in [0.1, 0.15) is 0 Å². The smallest absolute Gasteiger partial charge is 0.252 e. The molecule has 2 N–H and O–H groups in total. The van der Waals surface area contributed by atoms with Gasteiger partial charge in [0.2, 0.25) is 5.95 Å². The summed E-state index contributed by atoms with van der Waals surface area (Å²) in [5.74, 6) is -1.13. The van der Waals surface area contributed by atoms with Crippen molar-refractivity contribution in [3.05, 3.63) is 65.2 Å². The number of aliphatic hydroxyl groups excluding tert-OH is 1. The molecule has 1 amide bonds. The van der Waals surface area contributed by atoms with E-state index >= 15 is 0 Å². The van der Waals surface area contributed by atoms with E-state index in [4.69, 9.17) is 0 Å². The first-order valence-electron chi connectivity index (χ1n) is 6.33. The van der Waals surface area contributed by atoms with Gasteiger partial charge in [-0.2, -0.15) is 4.39 Å². The maximum absolute atomic E-state index is 13.0. The Hall–Kier alpha value is -2.27. The molecule has 4 nitrogen and oxygen atoms in total. The topological polar surface area (TPSA) is 62.2 Å². The van der Waals surface area contributed by atoms with Gasteiger partial charge < -0.3 is 10.4 Å². The highest BCUT2D eigenvalue weighted by Gasteiger charge is 2.32. The van der Waals surface area contributed by atoms with Crippen LogP contribution in [-0.2, 0) is 6.42 Å². The molecule has 0 spiro atoms. The van der Waals surface area contributed by atoms with Crippen molar-refractivity contribution in [3.63, 3.8) is 0 Å². The van der Waals surface area contributed by atoms with E-state index in [0.29, 0.717) is 6.42 Å². The molecule has 0 unspecified atom stereocenters. The molecule has 0 bridgehead atoms. The Morgan fingerprint density at radius 3 is 2.95 bits per heavy atom. The minimum atomic E-state index is -0.704.